The van der Waals surface area contributed by atoms with E-state index in [4.69, 9.17) is 9.73 Å². The van der Waals surface area contributed by atoms with Crippen molar-refractivity contribution in [1.82, 2.24) is 4.90 Å². The molecule has 2 aromatic carbocycles. The van der Waals surface area contributed by atoms with Crippen LogP contribution < -0.4 is 9.64 Å². The highest BCUT2D eigenvalue weighted by atomic mass is 32.2. The molecule has 1 fully saturated rings. The molecule has 0 spiro atoms. The average Bonchev–Trinajstić information content (AvgIpc) is 3.27. The summed E-state index contributed by atoms with van der Waals surface area (Å²) >= 11 is 3.07. The fraction of sp³-hybridized carbons (Fsp3) is 0.182. The normalized spacial score (nSPS) is 19.8. The van der Waals surface area contributed by atoms with E-state index < -0.39 is 0 Å². The summed E-state index contributed by atoms with van der Waals surface area (Å²) in [6.45, 7) is 7.11. The number of hydrogen-bond donors (Lipinski definition) is 0. The summed E-state index contributed by atoms with van der Waals surface area (Å²) in [7, 11) is 1.63. The maximum Gasteiger partial charge on any atom is 0.269 e. The van der Waals surface area contributed by atoms with Gasteiger partial charge in [-0.15, -0.1) is 6.58 Å². The van der Waals surface area contributed by atoms with Crippen molar-refractivity contribution in [1.29, 1.82) is 0 Å². The summed E-state index contributed by atoms with van der Waals surface area (Å²) in [5, 5.41) is 1.63. The van der Waals surface area contributed by atoms with E-state index in [0.29, 0.717) is 16.6 Å². The highest BCUT2D eigenvalue weighted by molar-refractivity contribution is 8.19. The van der Waals surface area contributed by atoms with Crippen LogP contribution in [0.4, 0.5) is 11.4 Å². The number of nitrogens with zero attached hydrogens (tertiary/aromatic N) is 3. The van der Waals surface area contributed by atoms with E-state index in [1.165, 1.54) is 16.7 Å². The van der Waals surface area contributed by atoms with E-state index in [9.17, 15) is 4.79 Å². The molecule has 148 valence electrons. The van der Waals surface area contributed by atoms with Gasteiger partial charge in [-0.2, -0.15) is 0 Å². The van der Waals surface area contributed by atoms with Gasteiger partial charge < -0.3 is 9.64 Å². The van der Waals surface area contributed by atoms with Crippen molar-refractivity contribution < 1.29 is 9.53 Å². The quantitative estimate of drug-likeness (QED) is 0.486. The smallest absolute Gasteiger partial charge is 0.269 e. The Balaban J connectivity index is 1.73. The Hall–Kier alpha value is -2.64. The van der Waals surface area contributed by atoms with Crippen LogP contribution in [0.1, 0.15) is 6.92 Å². The first kappa shape index (κ1) is 19.7. The minimum Gasteiger partial charge on any atom is -0.497 e. The molecule has 1 amide bonds. The summed E-state index contributed by atoms with van der Waals surface area (Å²) in [6, 6.07) is 15.7. The largest absolute Gasteiger partial charge is 0.497 e. The molecular formula is C22H21N3O2S2. The summed E-state index contributed by atoms with van der Waals surface area (Å²) in [4.78, 5) is 23.7. The van der Waals surface area contributed by atoms with Crippen LogP contribution in [0, 0.1) is 0 Å². The lowest BCUT2D eigenvalue weighted by Gasteiger charge is -2.19. The Morgan fingerprint density at radius 3 is 2.55 bits per heavy atom. The molecule has 2 aliphatic heterocycles. The number of amides is 1. The SMILES string of the molecule is C=CCN1C(=O)C(=C2Sc3ccccc3N2CC)SC1=Nc1ccc(OC)cc1. The predicted molar refractivity (Wildman–Crippen MR) is 122 cm³/mol. The summed E-state index contributed by atoms with van der Waals surface area (Å²) in [6.07, 6.45) is 1.73. The van der Waals surface area contributed by atoms with E-state index in [2.05, 4.69) is 30.5 Å². The van der Waals surface area contributed by atoms with Crippen LogP contribution in [0.25, 0.3) is 0 Å². The van der Waals surface area contributed by atoms with Crippen LogP contribution >= 0.6 is 23.5 Å². The van der Waals surface area contributed by atoms with Gasteiger partial charge in [-0.25, -0.2) is 4.99 Å². The Bertz CT molecular complexity index is 1010. The van der Waals surface area contributed by atoms with E-state index >= 15 is 0 Å². The molecule has 5 nitrogen and oxygen atoms in total. The Morgan fingerprint density at radius 2 is 1.86 bits per heavy atom. The second-order valence-corrected chi connectivity index (χ2v) is 8.36. The lowest BCUT2D eigenvalue weighted by Crippen LogP contribution is -2.30. The number of hydrogen-bond acceptors (Lipinski definition) is 6. The number of amidine groups is 1. The number of ether oxygens (including phenoxy) is 1. The zero-order chi connectivity index (χ0) is 20.4. The minimum atomic E-state index is -0.0316. The number of aliphatic imine (C=N–C) groups is 1. The number of rotatable bonds is 5. The van der Waals surface area contributed by atoms with Crippen LogP contribution in [0.2, 0.25) is 0 Å². The van der Waals surface area contributed by atoms with E-state index in [1.807, 2.05) is 36.4 Å². The maximum atomic E-state index is 13.3. The lowest BCUT2D eigenvalue weighted by atomic mass is 10.3. The minimum absolute atomic E-state index is 0.0316. The Labute approximate surface area is 179 Å². The molecule has 29 heavy (non-hydrogen) atoms. The fourth-order valence-corrected chi connectivity index (χ4v) is 5.59. The van der Waals surface area contributed by atoms with Crippen molar-refractivity contribution in [2.24, 2.45) is 4.99 Å². The average molecular weight is 424 g/mol. The van der Waals surface area contributed by atoms with Gasteiger partial charge in [0, 0.05) is 18.0 Å². The summed E-state index contributed by atoms with van der Waals surface area (Å²) < 4.78 is 5.21. The Morgan fingerprint density at radius 1 is 1.10 bits per heavy atom. The zero-order valence-corrected chi connectivity index (χ0v) is 17.9. The van der Waals surface area contributed by atoms with Crippen molar-refractivity contribution >= 4 is 46.0 Å². The molecule has 0 radical (unpaired) electrons. The summed E-state index contributed by atoms with van der Waals surface area (Å²) in [5.41, 5.74) is 1.92. The molecule has 0 saturated carbocycles. The first-order valence-corrected chi connectivity index (χ1v) is 10.9. The molecule has 2 aromatic rings. The molecular weight excluding hydrogens is 402 g/mol. The highest BCUT2D eigenvalue weighted by Crippen LogP contribution is 2.50. The zero-order valence-electron chi connectivity index (χ0n) is 16.3. The van der Waals surface area contributed by atoms with Crippen LogP contribution in [0.5, 0.6) is 5.75 Å². The number of para-hydroxylation sites is 1. The van der Waals surface area contributed by atoms with Crippen LogP contribution in [-0.4, -0.2) is 36.2 Å². The van der Waals surface area contributed by atoms with Crippen LogP contribution in [-0.2, 0) is 4.79 Å². The molecule has 0 atom stereocenters. The first-order chi connectivity index (χ1) is 14.2. The molecule has 0 bridgehead atoms. The van der Waals surface area contributed by atoms with Crippen molar-refractivity contribution in [3.8, 4) is 5.75 Å². The molecule has 0 unspecified atom stereocenters. The van der Waals surface area contributed by atoms with Crippen molar-refractivity contribution in [3.63, 3.8) is 0 Å². The van der Waals surface area contributed by atoms with Gasteiger partial charge in [-0.3, -0.25) is 9.69 Å². The number of methoxy groups -OCH3 is 1. The predicted octanol–water partition coefficient (Wildman–Crippen LogP) is 5.25. The van der Waals surface area contributed by atoms with Gasteiger partial charge >= 0.3 is 0 Å². The molecule has 2 heterocycles. The first-order valence-electron chi connectivity index (χ1n) is 9.28. The van der Waals surface area contributed by atoms with E-state index in [1.54, 1.807) is 29.8 Å². The number of anilines is 1. The Kier molecular flexibility index (Phi) is 5.69. The highest BCUT2D eigenvalue weighted by Gasteiger charge is 2.39. The number of benzene rings is 2. The molecule has 2 aliphatic rings. The third-order valence-corrected chi connectivity index (χ3v) is 6.97. The van der Waals surface area contributed by atoms with Gasteiger partial charge in [-0.05, 0) is 55.1 Å². The lowest BCUT2D eigenvalue weighted by molar-refractivity contribution is -0.121. The molecule has 1 saturated heterocycles. The van der Waals surface area contributed by atoms with Crippen LogP contribution in [0.15, 0.2) is 81.0 Å². The monoisotopic (exact) mass is 423 g/mol. The van der Waals surface area contributed by atoms with E-state index in [0.717, 1.165) is 28.7 Å². The number of carbonyl (C=O) groups is 1. The van der Waals surface area contributed by atoms with Crippen LogP contribution in [0.3, 0.4) is 0 Å². The second-order valence-electron chi connectivity index (χ2n) is 6.35. The van der Waals surface area contributed by atoms with Gasteiger partial charge in [0.1, 0.15) is 15.7 Å². The fourth-order valence-electron chi connectivity index (χ4n) is 3.19. The van der Waals surface area contributed by atoms with Gasteiger partial charge in [0.25, 0.3) is 5.91 Å². The number of carbonyl (C=O) groups excluding carboxylic acids is 1. The number of thioether (sulfide) groups is 2. The third kappa shape index (κ3) is 3.68. The van der Waals surface area contributed by atoms with Crippen molar-refractivity contribution in [2.75, 3.05) is 25.1 Å². The number of fused-ring (bicyclic) bond motifs is 1. The molecule has 7 heteroatoms. The topological polar surface area (TPSA) is 45.1 Å². The molecule has 0 N–H and O–H groups in total. The van der Waals surface area contributed by atoms with E-state index in [-0.39, 0.29) is 5.91 Å². The maximum absolute atomic E-state index is 13.3. The van der Waals surface area contributed by atoms with Gasteiger partial charge in [-0.1, -0.05) is 30.0 Å². The van der Waals surface area contributed by atoms with Gasteiger partial charge in [0.05, 0.1) is 18.5 Å². The van der Waals surface area contributed by atoms with Crippen molar-refractivity contribution in [2.45, 2.75) is 11.8 Å². The third-order valence-electron chi connectivity index (χ3n) is 4.59. The summed E-state index contributed by atoms with van der Waals surface area (Å²) in [5.74, 6) is 0.740. The molecule has 4 rings (SSSR count). The van der Waals surface area contributed by atoms with Gasteiger partial charge in [0.15, 0.2) is 5.17 Å². The molecule has 0 aliphatic carbocycles. The van der Waals surface area contributed by atoms with Gasteiger partial charge in [0.2, 0.25) is 0 Å². The molecule has 0 aromatic heterocycles. The standard InChI is InChI=1S/C22H21N3O2S2/c1-4-14-25-20(26)19(21-24(5-2)17-8-6-7-9-18(17)28-21)29-22(25)23-15-10-12-16(27-3)13-11-15/h4,6-13H,1,5,14H2,2-3H3. The second kappa shape index (κ2) is 8.39. The van der Waals surface area contributed by atoms with Crippen molar-refractivity contribution in [3.05, 3.63) is 71.1 Å².